The predicted octanol–water partition coefficient (Wildman–Crippen LogP) is 3.29. The zero-order chi connectivity index (χ0) is 21.1. The maximum absolute atomic E-state index is 10.6. The van der Waals surface area contributed by atoms with Crippen LogP contribution >= 0.6 is 0 Å². The van der Waals surface area contributed by atoms with E-state index in [2.05, 4.69) is 4.90 Å². The highest BCUT2D eigenvalue weighted by Crippen LogP contribution is 2.31. The molecule has 0 unspecified atom stereocenters. The van der Waals surface area contributed by atoms with Crippen LogP contribution in [0.15, 0.2) is 42.5 Å². The topological polar surface area (TPSA) is 60.4 Å². The average molecular weight is 404 g/mol. The lowest BCUT2D eigenvalue weighted by atomic mass is 10.1. The first-order valence-corrected chi connectivity index (χ1v) is 9.86. The number of aliphatic hydroxyl groups excluding tert-OH is 1. The van der Waals surface area contributed by atoms with E-state index in [-0.39, 0.29) is 6.61 Å². The highest BCUT2D eigenvalue weighted by atomic mass is 16.5. The fraction of sp³-hybridized carbons (Fsp3) is 0.478. The van der Waals surface area contributed by atoms with Gasteiger partial charge in [0.2, 0.25) is 0 Å². The average Bonchev–Trinajstić information content (AvgIpc) is 2.73. The molecule has 2 aromatic carbocycles. The molecule has 6 heteroatoms. The van der Waals surface area contributed by atoms with E-state index in [1.807, 2.05) is 49.4 Å². The van der Waals surface area contributed by atoms with Gasteiger partial charge in [-0.3, -0.25) is 4.90 Å². The third kappa shape index (κ3) is 7.24. The van der Waals surface area contributed by atoms with Gasteiger partial charge in [0.1, 0.15) is 18.5 Å². The maximum atomic E-state index is 10.6. The van der Waals surface area contributed by atoms with Crippen LogP contribution in [0.2, 0.25) is 0 Å². The monoisotopic (exact) mass is 403 g/mol. The third-order valence-electron chi connectivity index (χ3n) is 4.70. The molecule has 0 aliphatic carbocycles. The molecule has 0 bridgehead atoms. The quantitative estimate of drug-likeness (QED) is 0.518. The number of ether oxygens (including phenoxy) is 4. The van der Waals surface area contributed by atoms with E-state index in [0.717, 1.165) is 35.6 Å². The van der Waals surface area contributed by atoms with Gasteiger partial charge in [0.15, 0.2) is 11.5 Å². The molecule has 2 rings (SSSR count). The number of aliphatic hydroxyl groups is 1. The van der Waals surface area contributed by atoms with E-state index in [4.69, 9.17) is 18.9 Å². The van der Waals surface area contributed by atoms with Crippen LogP contribution in [-0.4, -0.2) is 63.7 Å². The van der Waals surface area contributed by atoms with Gasteiger partial charge in [-0.05, 0) is 31.0 Å². The SMILES string of the molecule is COCCCN(Cc1cccc(OC)c1OC)C[C@@H](O)COc1ccccc1C. The Bertz CT molecular complexity index is 737. The molecule has 0 aromatic heterocycles. The van der Waals surface area contributed by atoms with Gasteiger partial charge in [0, 0.05) is 38.9 Å². The van der Waals surface area contributed by atoms with Crippen LogP contribution in [-0.2, 0) is 11.3 Å². The van der Waals surface area contributed by atoms with Crippen molar-refractivity contribution in [3.05, 3.63) is 53.6 Å². The van der Waals surface area contributed by atoms with E-state index >= 15 is 0 Å². The number of hydrogen-bond donors (Lipinski definition) is 1. The Kier molecular flexibility index (Phi) is 9.77. The van der Waals surface area contributed by atoms with Crippen molar-refractivity contribution >= 4 is 0 Å². The van der Waals surface area contributed by atoms with Gasteiger partial charge in [-0.25, -0.2) is 0 Å². The van der Waals surface area contributed by atoms with Gasteiger partial charge in [-0.2, -0.15) is 0 Å². The second-order valence-corrected chi connectivity index (χ2v) is 6.96. The number of aryl methyl sites for hydroxylation is 1. The first-order chi connectivity index (χ1) is 14.1. The Hall–Kier alpha value is -2.28. The lowest BCUT2D eigenvalue weighted by molar-refractivity contribution is 0.0612. The van der Waals surface area contributed by atoms with E-state index < -0.39 is 6.10 Å². The largest absolute Gasteiger partial charge is 0.493 e. The van der Waals surface area contributed by atoms with Crippen molar-refractivity contribution in [1.29, 1.82) is 0 Å². The minimum atomic E-state index is -0.617. The van der Waals surface area contributed by atoms with Crippen LogP contribution in [0.1, 0.15) is 17.5 Å². The second kappa shape index (κ2) is 12.3. The minimum absolute atomic E-state index is 0.237. The van der Waals surface area contributed by atoms with Crippen LogP contribution in [0.5, 0.6) is 17.2 Å². The summed E-state index contributed by atoms with van der Waals surface area (Å²) in [6.45, 7) is 4.80. The molecule has 0 aliphatic rings. The van der Waals surface area contributed by atoms with Gasteiger partial charge in [0.05, 0.1) is 14.2 Å². The molecule has 0 saturated heterocycles. The van der Waals surface area contributed by atoms with Crippen LogP contribution in [0.4, 0.5) is 0 Å². The van der Waals surface area contributed by atoms with Gasteiger partial charge in [-0.1, -0.05) is 30.3 Å². The summed E-state index contributed by atoms with van der Waals surface area (Å²) in [6, 6.07) is 13.6. The molecule has 29 heavy (non-hydrogen) atoms. The Morgan fingerprint density at radius 2 is 1.72 bits per heavy atom. The Balaban J connectivity index is 2.02. The molecule has 1 N–H and O–H groups in total. The van der Waals surface area contributed by atoms with Gasteiger partial charge < -0.3 is 24.1 Å². The van der Waals surface area contributed by atoms with Crippen molar-refractivity contribution < 1.29 is 24.1 Å². The molecule has 0 radical (unpaired) electrons. The standard InChI is InChI=1S/C23H33NO5/c1-18-9-5-6-11-21(18)29-17-20(25)16-24(13-8-14-26-2)15-19-10-7-12-22(27-3)23(19)28-4/h5-7,9-12,20,25H,8,13-17H2,1-4H3/t20-/m1/s1. The normalized spacial score (nSPS) is 12.1. The van der Waals surface area contributed by atoms with Crippen LogP contribution in [0.3, 0.4) is 0 Å². The fourth-order valence-corrected chi connectivity index (χ4v) is 3.24. The first kappa shape index (κ1) is 23.0. The molecular formula is C23H33NO5. The summed E-state index contributed by atoms with van der Waals surface area (Å²) in [7, 11) is 4.96. The predicted molar refractivity (Wildman–Crippen MR) is 114 cm³/mol. The summed E-state index contributed by atoms with van der Waals surface area (Å²) >= 11 is 0. The summed E-state index contributed by atoms with van der Waals surface area (Å²) in [6.07, 6.45) is 0.252. The van der Waals surface area contributed by atoms with Crippen LogP contribution in [0, 0.1) is 6.92 Å². The maximum Gasteiger partial charge on any atom is 0.165 e. The lowest BCUT2D eigenvalue weighted by Crippen LogP contribution is -2.36. The highest BCUT2D eigenvalue weighted by Gasteiger charge is 2.17. The van der Waals surface area contributed by atoms with Gasteiger partial charge in [0.25, 0.3) is 0 Å². The summed E-state index contributed by atoms with van der Waals surface area (Å²) in [5, 5.41) is 10.6. The van der Waals surface area contributed by atoms with E-state index in [0.29, 0.717) is 25.4 Å². The molecule has 0 fully saturated rings. The molecule has 0 saturated carbocycles. The molecule has 0 spiro atoms. The minimum Gasteiger partial charge on any atom is -0.493 e. The summed E-state index contributed by atoms with van der Waals surface area (Å²) in [4.78, 5) is 2.18. The third-order valence-corrected chi connectivity index (χ3v) is 4.70. The van der Waals surface area contributed by atoms with Crippen molar-refractivity contribution in [2.24, 2.45) is 0 Å². The number of hydrogen-bond acceptors (Lipinski definition) is 6. The Morgan fingerprint density at radius 3 is 2.41 bits per heavy atom. The first-order valence-electron chi connectivity index (χ1n) is 9.86. The number of methoxy groups -OCH3 is 3. The summed E-state index contributed by atoms with van der Waals surface area (Å²) in [5.74, 6) is 2.22. The fourth-order valence-electron chi connectivity index (χ4n) is 3.24. The molecular weight excluding hydrogens is 370 g/mol. The zero-order valence-electron chi connectivity index (χ0n) is 17.9. The van der Waals surface area contributed by atoms with E-state index in [9.17, 15) is 5.11 Å². The number of para-hydroxylation sites is 2. The second-order valence-electron chi connectivity index (χ2n) is 6.96. The van der Waals surface area contributed by atoms with Crippen molar-refractivity contribution in [3.8, 4) is 17.2 Å². The Labute approximate surface area is 174 Å². The van der Waals surface area contributed by atoms with Crippen LogP contribution < -0.4 is 14.2 Å². The summed E-state index contributed by atoms with van der Waals surface area (Å²) < 4.78 is 22.0. The molecule has 0 amide bonds. The van der Waals surface area contributed by atoms with Gasteiger partial charge >= 0.3 is 0 Å². The number of benzene rings is 2. The molecule has 2 aromatic rings. The summed E-state index contributed by atoms with van der Waals surface area (Å²) in [5.41, 5.74) is 2.06. The van der Waals surface area contributed by atoms with Gasteiger partial charge in [-0.15, -0.1) is 0 Å². The van der Waals surface area contributed by atoms with Crippen molar-refractivity contribution in [2.45, 2.75) is 26.0 Å². The number of nitrogens with zero attached hydrogens (tertiary/aromatic N) is 1. The zero-order valence-corrected chi connectivity index (χ0v) is 17.9. The Morgan fingerprint density at radius 1 is 0.966 bits per heavy atom. The van der Waals surface area contributed by atoms with E-state index in [1.54, 1.807) is 21.3 Å². The highest BCUT2D eigenvalue weighted by molar-refractivity contribution is 5.46. The molecule has 0 aliphatic heterocycles. The van der Waals surface area contributed by atoms with E-state index in [1.165, 1.54) is 0 Å². The lowest BCUT2D eigenvalue weighted by Gasteiger charge is -2.26. The molecule has 6 nitrogen and oxygen atoms in total. The van der Waals surface area contributed by atoms with Crippen molar-refractivity contribution in [1.82, 2.24) is 4.90 Å². The van der Waals surface area contributed by atoms with Crippen LogP contribution in [0.25, 0.3) is 0 Å². The number of rotatable bonds is 13. The van der Waals surface area contributed by atoms with Crippen molar-refractivity contribution in [2.75, 3.05) is 47.6 Å². The molecule has 0 heterocycles. The molecule has 160 valence electrons. The van der Waals surface area contributed by atoms with Crippen molar-refractivity contribution in [3.63, 3.8) is 0 Å². The molecule has 1 atom stereocenters. The smallest absolute Gasteiger partial charge is 0.165 e.